The number of carbonyl (C=O) groups is 1. The van der Waals surface area contributed by atoms with Crippen LogP contribution in [0.25, 0.3) is 0 Å². The lowest BCUT2D eigenvalue weighted by molar-refractivity contribution is -0.148. The molecule has 0 aliphatic carbocycles. The zero-order chi connectivity index (χ0) is 10.2. The van der Waals surface area contributed by atoms with Crippen molar-refractivity contribution in [1.82, 2.24) is 4.90 Å². The number of carbonyl (C=O) groups excluding carboxylic acids is 1. The van der Waals surface area contributed by atoms with Gasteiger partial charge in [-0.05, 0) is 31.7 Å². The van der Waals surface area contributed by atoms with Gasteiger partial charge in [0.2, 0.25) is 0 Å². The molecule has 0 aromatic heterocycles. The number of nitrogens with two attached hydrogens (primary N) is 1. The van der Waals surface area contributed by atoms with E-state index >= 15 is 0 Å². The maximum Gasteiger partial charge on any atom is 0.325 e. The number of ether oxygens (including phenoxy) is 1. The average Bonchev–Trinajstić information content (AvgIpc) is 2.52. The molecule has 4 heteroatoms. The van der Waals surface area contributed by atoms with Crippen molar-refractivity contribution >= 4 is 5.97 Å². The second kappa shape index (κ2) is 3.51. The van der Waals surface area contributed by atoms with Crippen LogP contribution in [0.4, 0.5) is 0 Å². The molecule has 0 radical (unpaired) electrons. The summed E-state index contributed by atoms with van der Waals surface area (Å²) in [6, 6.07) is 0. The van der Waals surface area contributed by atoms with Gasteiger partial charge >= 0.3 is 5.97 Å². The fourth-order valence-electron chi connectivity index (χ4n) is 2.65. The molecule has 2 rings (SSSR count). The van der Waals surface area contributed by atoms with Gasteiger partial charge in [-0.25, -0.2) is 0 Å². The minimum absolute atomic E-state index is 0.244. The lowest BCUT2D eigenvalue weighted by atomic mass is 9.85. The first-order valence-electron chi connectivity index (χ1n) is 5.24. The van der Waals surface area contributed by atoms with Crippen molar-refractivity contribution in [1.29, 1.82) is 0 Å². The molecule has 3 unspecified atom stereocenters. The van der Waals surface area contributed by atoms with Gasteiger partial charge in [0.05, 0.1) is 7.11 Å². The zero-order valence-corrected chi connectivity index (χ0v) is 8.66. The summed E-state index contributed by atoms with van der Waals surface area (Å²) in [6.45, 7) is 3.21. The van der Waals surface area contributed by atoms with E-state index in [1.54, 1.807) is 0 Å². The molecule has 4 nitrogen and oxygen atoms in total. The van der Waals surface area contributed by atoms with Gasteiger partial charge in [-0.2, -0.15) is 0 Å². The molecule has 2 heterocycles. The van der Waals surface area contributed by atoms with E-state index in [1.165, 1.54) is 20.1 Å². The smallest absolute Gasteiger partial charge is 0.325 e. The zero-order valence-electron chi connectivity index (χ0n) is 8.66. The van der Waals surface area contributed by atoms with E-state index < -0.39 is 5.54 Å². The summed E-state index contributed by atoms with van der Waals surface area (Å²) in [5.74, 6) is 0.341. The van der Waals surface area contributed by atoms with E-state index in [0.717, 1.165) is 25.9 Å². The van der Waals surface area contributed by atoms with Gasteiger partial charge in [-0.15, -0.1) is 0 Å². The normalized spacial score (nSPS) is 41.9. The fraction of sp³-hybridized carbons (Fsp3) is 0.900. The third-order valence-electron chi connectivity index (χ3n) is 3.49. The Hall–Kier alpha value is -0.610. The highest BCUT2D eigenvalue weighted by atomic mass is 16.5. The van der Waals surface area contributed by atoms with E-state index in [9.17, 15) is 4.79 Å². The molecule has 0 spiro atoms. The molecule has 2 saturated heterocycles. The monoisotopic (exact) mass is 198 g/mol. The second-order valence-corrected chi connectivity index (χ2v) is 4.56. The summed E-state index contributed by atoms with van der Waals surface area (Å²) in [7, 11) is 1.42. The third-order valence-corrected chi connectivity index (χ3v) is 3.49. The van der Waals surface area contributed by atoms with E-state index in [4.69, 9.17) is 10.5 Å². The van der Waals surface area contributed by atoms with E-state index in [0.29, 0.717) is 5.92 Å². The largest absolute Gasteiger partial charge is 0.468 e. The summed E-state index contributed by atoms with van der Waals surface area (Å²) in [6.07, 6.45) is 2.70. The minimum atomic E-state index is -0.728. The average molecular weight is 198 g/mol. The Balaban J connectivity index is 2.10. The van der Waals surface area contributed by atoms with Crippen LogP contribution >= 0.6 is 0 Å². The van der Waals surface area contributed by atoms with Gasteiger partial charge in [-0.3, -0.25) is 4.79 Å². The van der Waals surface area contributed by atoms with Crippen LogP contribution in [0.1, 0.15) is 19.3 Å². The molecule has 0 saturated carbocycles. The summed E-state index contributed by atoms with van der Waals surface area (Å²) in [5.41, 5.74) is 5.37. The summed E-state index contributed by atoms with van der Waals surface area (Å²) in [5, 5.41) is 0. The van der Waals surface area contributed by atoms with Crippen molar-refractivity contribution in [2.75, 3.05) is 26.7 Å². The number of fused-ring (bicyclic) bond motifs is 2. The number of nitrogens with zero attached hydrogens (tertiary/aromatic N) is 1. The van der Waals surface area contributed by atoms with E-state index in [-0.39, 0.29) is 5.97 Å². The molecule has 0 amide bonds. The molecule has 14 heavy (non-hydrogen) atoms. The quantitative estimate of drug-likeness (QED) is 0.601. The topological polar surface area (TPSA) is 55.6 Å². The lowest BCUT2D eigenvalue weighted by Crippen LogP contribution is -2.50. The van der Waals surface area contributed by atoms with Gasteiger partial charge in [0, 0.05) is 13.1 Å². The van der Waals surface area contributed by atoms with E-state index in [1.807, 2.05) is 0 Å². The maximum atomic E-state index is 11.6. The van der Waals surface area contributed by atoms with Crippen molar-refractivity contribution in [3.8, 4) is 0 Å². The van der Waals surface area contributed by atoms with Crippen LogP contribution in [0.3, 0.4) is 0 Å². The molecular weight excluding hydrogens is 180 g/mol. The Morgan fingerprint density at radius 2 is 2.36 bits per heavy atom. The van der Waals surface area contributed by atoms with Crippen molar-refractivity contribution in [3.63, 3.8) is 0 Å². The van der Waals surface area contributed by atoms with E-state index in [2.05, 4.69) is 4.90 Å². The number of rotatable bonds is 1. The Bertz CT molecular complexity index is 244. The number of hydrogen-bond donors (Lipinski definition) is 1. The van der Waals surface area contributed by atoms with Crippen LogP contribution in [0.2, 0.25) is 0 Å². The number of esters is 1. The highest BCUT2D eigenvalue weighted by molar-refractivity contribution is 5.80. The predicted molar refractivity (Wildman–Crippen MR) is 52.7 cm³/mol. The maximum absolute atomic E-state index is 11.6. The van der Waals surface area contributed by atoms with Gasteiger partial charge < -0.3 is 15.4 Å². The van der Waals surface area contributed by atoms with Crippen LogP contribution in [0.15, 0.2) is 0 Å². The van der Waals surface area contributed by atoms with Gasteiger partial charge in [0.1, 0.15) is 5.54 Å². The first kappa shape index (κ1) is 9.93. The molecule has 2 aliphatic rings. The Morgan fingerprint density at radius 3 is 3.07 bits per heavy atom. The van der Waals surface area contributed by atoms with Gasteiger partial charge in [0.15, 0.2) is 0 Å². The van der Waals surface area contributed by atoms with Crippen LogP contribution in [-0.4, -0.2) is 43.2 Å². The molecule has 2 N–H and O–H groups in total. The first-order chi connectivity index (χ1) is 6.64. The molecule has 80 valence electrons. The SMILES string of the molecule is COC(=O)C1(N)CCN2CCC(C2)C1. The predicted octanol–water partition coefficient (Wildman–Crippen LogP) is -0.0274. The summed E-state index contributed by atoms with van der Waals surface area (Å²) in [4.78, 5) is 13.9. The highest BCUT2D eigenvalue weighted by Gasteiger charge is 2.42. The highest BCUT2D eigenvalue weighted by Crippen LogP contribution is 2.31. The number of hydrogen-bond acceptors (Lipinski definition) is 4. The third kappa shape index (κ3) is 1.64. The first-order valence-corrected chi connectivity index (χ1v) is 5.24. The Kier molecular flexibility index (Phi) is 2.49. The Morgan fingerprint density at radius 1 is 1.57 bits per heavy atom. The van der Waals surface area contributed by atoms with Crippen molar-refractivity contribution in [2.45, 2.75) is 24.8 Å². The molecule has 2 bridgehead atoms. The minimum Gasteiger partial charge on any atom is -0.468 e. The van der Waals surface area contributed by atoms with Crippen LogP contribution in [0.5, 0.6) is 0 Å². The summed E-state index contributed by atoms with van der Waals surface area (Å²) >= 11 is 0. The lowest BCUT2D eigenvalue weighted by Gasteiger charge is -2.28. The standard InChI is InChI=1S/C10H18N2O2/c1-14-9(13)10(11)3-5-12-4-2-8(6-10)7-12/h8H,2-7,11H2,1H3. The molecule has 0 aromatic rings. The molecule has 2 aliphatic heterocycles. The fourth-order valence-corrected chi connectivity index (χ4v) is 2.65. The molecule has 0 aromatic carbocycles. The van der Waals surface area contributed by atoms with Crippen molar-refractivity contribution < 1.29 is 9.53 Å². The van der Waals surface area contributed by atoms with Gasteiger partial charge in [-0.1, -0.05) is 0 Å². The second-order valence-electron chi connectivity index (χ2n) is 4.56. The van der Waals surface area contributed by atoms with Gasteiger partial charge in [0.25, 0.3) is 0 Å². The summed E-state index contributed by atoms with van der Waals surface area (Å²) < 4.78 is 4.77. The molecule has 3 atom stereocenters. The van der Waals surface area contributed by atoms with Crippen LogP contribution in [0, 0.1) is 5.92 Å². The number of methoxy groups -OCH3 is 1. The van der Waals surface area contributed by atoms with Crippen molar-refractivity contribution in [3.05, 3.63) is 0 Å². The molecular formula is C10H18N2O2. The van der Waals surface area contributed by atoms with Crippen LogP contribution in [-0.2, 0) is 9.53 Å². The molecule has 2 fully saturated rings. The van der Waals surface area contributed by atoms with Crippen molar-refractivity contribution in [2.24, 2.45) is 11.7 Å². The van der Waals surface area contributed by atoms with Crippen LogP contribution < -0.4 is 5.73 Å². The Labute approximate surface area is 84.4 Å².